The van der Waals surface area contributed by atoms with Crippen LogP contribution in [0, 0.1) is 0 Å². The number of hydrogen-bond acceptors (Lipinski definition) is 6. The summed E-state index contributed by atoms with van der Waals surface area (Å²) in [4.78, 5) is 21.7. The normalized spacial score (nSPS) is 14.7. The van der Waals surface area contributed by atoms with Crippen LogP contribution in [0.25, 0.3) is 0 Å². The van der Waals surface area contributed by atoms with Crippen molar-refractivity contribution >= 4 is 23.1 Å². The molecule has 0 radical (unpaired) electrons. The lowest BCUT2D eigenvalue weighted by molar-refractivity contribution is 0.0748. The number of rotatable bonds is 4. The van der Waals surface area contributed by atoms with Gasteiger partial charge in [-0.25, -0.2) is 4.98 Å². The first-order valence-corrected chi connectivity index (χ1v) is 8.26. The molecule has 1 fully saturated rings. The van der Waals surface area contributed by atoms with Crippen molar-refractivity contribution in [1.29, 1.82) is 0 Å². The summed E-state index contributed by atoms with van der Waals surface area (Å²) < 4.78 is 10.5. The third kappa shape index (κ3) is 3.24. The molecule has 0 unspecified atom stereocenters. The lowest BCUT2D eigenvalue weighted by atomic mass is 10.2. The van der Waals surface area contributed by atoms with Gasteiger partial charge in [-0.05, 0) is 17.5 Å². The molecule has 0 spiro atoms. The quantitative estimate of drug-likeness (QED) is 0.858. The van der Waals surface area contributed by atoms with Crippen LogP contribution >= 0.6 is 11.3 Å². The van der Waals surface area contributed by atoms with Crippen molar-refractivity contribution in [2.24, 2.45) is 0 Å². The number of thiophene rings is 1. The number of carbonyl (C=O) groups excluding carboxylic acids is 1. The van der Waals surface area contributed by atoms with Gasteiger partial charge >= 0.3 is 0 Å². The Morgan fingerprint density at radius 2 is 1.96 bits per heavy atom. The molecule has 6 nitrogen and oxygen atoms in total. The first-order chi connectivity index (χ1) is 11.2. The van der Waals surface area contributed by atoms with Gasteiger partial charge in [0.25, 0.3) is 5.91 Å². The van der Waals surface area contributed by atoms with Gasteiger partial charge in [-0.3, -0.25) is 4.79 Å². The lowest BCUT2D eigenvalue weighted by Gasteiger charge is -2.35. The molecule has 122 valence electrons. The highest BCUT2D eigenvalue weighted by molar-refractivity contribution is 7.12. The summed E-state index contributed by atoms with van der Waals surface area (Å²) in [5.74, 6) is 2.36. The number of methoxy groups -OCH3 is 2. The summed E-state index contributed by atoms with van der Waals surface area (Å²) in [7, 11) is 3.23. The van der Waals surface area contributed by atoms with Crippen LogP contribution in [-0.4, -0.2) is 56.2 Å². The van der Waals surface area contributed by atoms with Crippen molar-refractivity contribution in [3.8, 4) is 11.5 Å². The zero-order chi connectivity index (χ0) is 16.2. The van der Waals surface area contributed by atoms with Gasteiger partial charge in [-0.1, -0.05) is 0 Å². The van der Waals surface area contributed by atoms with Crippen LogP contribution < -0.4 is 14.4 Å². The number of pyridine rings is 1. The van der Waals surface area contributed by atoms with E-state index < -0.39 is 0 Å². The molecule has 1 saturated heterocycles. The topological polar surface area (TPSA) is 54.9 Å². The maximum atomic E-state index is 12.6. The van der Waals surface area contributed by atoms with E-state index in [0.717, 1.165) is 24.7 Å². The number of amides is 1. The highest BCUT2D eigenvalue weighted by Gasteiger charge is 2.25. The van der Waals surface area contributed by atoms with Crippen molar-refractivity contribution in [2.75, 3.05) is 45.3 Å². The maximum absolute atomic E-state index is 12.6. The van der Waals surface area contributed by atoms with Crippen LogP contribution in [0.4, 0.5) is 5.82 Å². The molecule has 2 aromatic heterocycles. The molecule has 0 N–H and O–H groups in total. The maximum Gasteiger partial charge on any atom is 0.267 e. The number of piperazine rings is 1. The molecule has 0 aliphatic carbocycles. The Balaban J connectivity index is 1.65. The SMILES string of the molecule is COc1ccnc(N2CCN(C(=O)c3sccc3OC)CC2)c1. The summed E-state index contributed by atoms with van der Waals surface area (Å²) in [5, 5.41) is 1.88. The van der Waals surface area contributed by atoms with Gasteiger partial charge < -0.3 is 19.3 Å². The molecule has 7 heteroatoms. The first kappa shape index (κ1) is 15.6. The van der Waals surface area contributed by atoms with Gasteiger partial charge in [-0.2, -0.15) is 0 Å². The Kier molecular flexibility index (Phi) is 4.66. The van der Waals surface area contributed by atoms with E-state index in [1.54, 1.807) is 20.4 Å². The smallest absolute Gasteiger partial charge is 0.267 e. The Hall–Kier alpha value is -2.28. The Morgan fingerprint density at radius 1 is 1.17 bits per heavy atom. The van der Waals surface area contributed by atoms with Gasteiger partial charge in [0.1, 0.15) is 22.2 Å². The second kappa shape index (κ2) is 6.87. The third-order valence-corrected chi connectivity index (χ3v) is 4.77. The summed E-state index contributed by atoms with van der Waals surface area (Å²) >= 11 is 1.42. The van der Waals surface area contributed by atoms with Crippen molar-refractivity contribution in [2.45, 2.75) is 0 Å². The van der Waals surface area contributed by atoms with Gasteiger partial charge in [0.2, 0.25) is 0 Å². The summed E-state index contributed by atoms with van der Waals surface area (Å²) in [6, 6.07) is 5.57. The largest absolute Gasteiger partial charge is 0.497 e. The molecule has 0 bridgehead atoms. The van der Waals surface area contributed by atoms with E-state index in [2.05, 4.69) is 9.88 Å². The molecule has 1 aliphatic heterocycles. The minimum absolute atomic E-state index is 0.0371. The molecule has 1 aliphatic rings. The fourth-order valence-electron chi connectivity index (χ4n) is 2.60. The molecule has 3 heterocycles. The van der Waals surface area contributed by atoms with Crippen molar-refractivity contribution in [1.82, 2.24) is 9.88 Å². The van der Waals surface area contributed by atoms with E-state index in [-0.39, 0.29) is 5.91 Å². The standard InChI is InChI=1S/C16H19N3O3S/c1-21-12-3-5-17-14(11-12)18-6-8-19(9-7-18)16(20)15-13(22-2)4-10-23-15/h3-5,10-11H,6-9H2,1-2H3. The molecule has 23 heavy (non-hydrogen) atoms. The Bertz CT molecular complexity index is 681. The van der Waals surface area contributed by atoms with Gasteiger partial charge in [-0.15, -0.1) is 11.3 Å². The van der Waals surface area contributed by atoms with E-state index >= 15 is 0 Å². The third-order valence-electron chi connectivity index (χ3n) is 3.89. The molecule has 2 aromatic rings. The number of nitrogens with zero attached hydrogens (tertiary/aromatic N) is 3. The fraction of sp³-hybridized carbons (Fsp3) is 0.375. The minimum atomic E-state index is 0.0371. The molecule has 0 aromatic carbocycles. The first-order valence-electron chi connectivity index (χ1n) is 7.38. The average Bonchev–Trinajstić information content (AvgIpc) is 3.10. The lowest BCUT2D eigenvalue weighted by Crippen LogP contribution is -2.48. The van der Waals surface area contributed by atoms with Crippen molar-refractivity contribution in [3.63, 3.8) is 0 Å². The highest BCUT2D eigenvalue weighted by Crippen LogP contribution is 2.27. The number of hydrogen-bond donors (Lipinski definition) is 0. The van der Waals surface area contributed by atoms with Crippen LogP contribution in [0.2, 0.25) is 0 Å². The fourth-order valence-corrected chi connectivity index (χ4v) is 3.42. The number of carbonyl (C=O) groups is 1. The van der Waals surface area contributed by atoms with E-state index in [9.17, 15) is 4.79 Å². The average molecular weight is 333 g/mol. The Morgan fingerprint density at radius 3 is 2.65 bits per heavy atom. The van der Waals surface area contributed by atoms with Crippen LogP contribution in [0.5, 0.6) is 11.5 Å². The van der Waals surface area contributed by atoms with Gasteiger partial charge in [0.05, 0.1) is 14.2 Å². The highest BCUT2D eigenvalue weighted by atomic mass is 32.1. The molecule has 0 saturated carbocycles. The van der Waals surface area contributed by atoms with Crippen LogP contribution in [0.3, 0.4) is 0 Å². The number of aromatic nitrogens is 1. The molecular weight excluding hydrogens is 314 g/mol. The van der Waals surface area contributed by atoms with Crippen LogP contribution in [-0.2, 0) is 0 Å². The zero-order valence-electron chi connectivity index (χ0n) is 13.2. The monoisotopic (exact) mass is 333 g/mol. The van der Waals surface area contributed by atoms with Gasteiger partial charge in [0.15, 0.2) is 0 Å². The summed E-state index contributed by atoms with van der Waals surface area (Å²) in [6.45, 7) is 2.83. The van der Waals surface area contributed by atoms with Gasteiger partial charge in [0, 0.05) is 38.4 Å². The van der Waals surface area contributed by atoms with Crippen molar-refractivity contribution < 1.29 is 14.3 Å². The molecule has 3 rings (SSSR count). The van der Waals surface area contributed by atoms with E-state index in [0.29, 0.717) is 23.7 Å². The molecule has 0 atom stereocenters. The summed E-state index contributed by atoms with van der Waals surface area (Å²) in [6.07, 6.45) is 1.74. The van der Waals surface area contributed by atoms with Crippen LogP contribution in [0.1, 0.15) is 9.67 Å². The predicted octanol–water partition coefficient (Wildman–Crippen LogP) is 2.12. The number of anilines is 1. The Labute approximate surface area is 139 Å². The zero-order valence-corrected chi connectivity index (χ0v) is 14.0. The van der Waals surface area contributed by atoms with E-state index in [1.807, 2.05) is 28.5 Å². The molecule has 1 amide bonds. The van der Waals surface area contributed by atoms with E-state index in [4.69, 9.17) is 9.47 Å². The second-order valence-corrected chi connectivity index (χ2v) is 6.07. The van der Waals surface area contributed by atoms with E-state index in [1.165, 1.54) is 11.3 Å². The second-order valence-electron chi connectivity index (χ2n) is 5.15. The predicted molar refractivity (Wildman–Crippen MR) is 89.8 cm³/mol. The summed E-state index contributed by atoms with van der Waals surface area (Å²) in [5.41, 5.74) is 0. The molecular formula is C16H19N3O3S. The van der Waals surface area contributed by atoms with Crippen LogP contribution in [0.15, 0.2) is 29.8 Å². The van der Waals surface area contributed by atoms with Crippen molar-refractivity contribution in [3.05, 3.63) is 34.7 Å². The minimum Gasteiger partial charge on any atom is -0.497 e. The number of ether oxygens (including phenoxy) is 2.